The Balaban J connectivity index is 2.14. The predicted molar refractivity (Wildman–Crippen MR) is 59.9 cm³/mol. The molecule has 4 heteroatoms. The number of anilines is 1. The Morgan fingerprint density at radius 3 is 2.80 bits per heavy atom. The number of aromatic nitrogens is 2. The predicted octanol–water partition coefficient (Wildman–Crippen LogP) is 1.89. The second-order valence-electron chi connectivity index (χ2n) is 4.21. The molecule has 1 heterocycles. The average molecular weight is 209 g/mol. The van der Waals surface area contributed by atoms with Crippen LogP contribution in [0, 0.1) is 0 Å². The van der Waals surface area contributed by atoms with Crippen LogP contribution < -0.4 is 10.5 Å². The van der Waals surface area contributed by atoms with Crippen molar-refractivity contribution in [1.29, 1.82) is 0 Å². The van der Waals surface area contributed by atoms with E-state index in [0.29, 0.717) is 6.10 Å². The highest BCUT2D eigenvalue weighted by Crippen LogP contribution is 2.31. The Bertz CT molecular complexity index is 342. The third kappa shape index (κ3) is 1.94. The molecule has 1 fully saturated rings. The number of aryl methyl sites for hydroxylation is 2. The summed E-state index contributed by atoms with van der Waals surface area (Å²) >= 11 is 0. The Morgan fingerprint density at radius 2 is 2.27 bits per heavy atom. The first-order valence-electron chi connectivity index (χ1n) is 5.70. The van der Waals surface area contributed by atoms with Crippen LogP contribution >= 0.6 is 0 Å². The van der Waals surface area contributed by atoms with Crippen molar-refractivity contribution in [3.8, 4) is 5.88 Å². The molecule has 0 bridgehead atoms. The van der Waals surface area contributed by atoms with Gasteiger partial charge in [0.25, 0.3) is 0 Å². The highest BCUT2D eigenvalue weighted by molar-refractivity contribution is 5.53. The second kappa shape index (κ2) is 4.13. The number of ether oxygens (including phenoxy) is 1. The van der Waals surface area contributed by atoms with Gasteiger partial charge in [0, 0.05) is 7.05 Å². The molecular weight excluding hydrogens is 190 g/mol. The molecule has 1 aliphatic rings. The Morgan fingerprint density at radius 1 is 1.53 bits per heavy atom. The van der Waals surface area contributed by atoms with E-state index in [9.17, 15) is 0 Å². The maximum Gasteiger partial charge on any atom is 0.236 e. The van der Waals surface area contributed by atoms with Crippen molar-refractivity contribution < 1.29 is 4.74 Å². The van der Waals surface area contributed by atoms with Gasteiger partial charge in [-0.15, -0.1) is 0 Å². The highest BCUT2D eigenvalue weighted by atomic mass is 16.5. The fraction of sp³-hybridized carbons (Fsp3) is 0.727. The summed E-state index contributed by atoms with van der Waals surface area (Å²) in [6.45, 7) is 2.13. The molecule has 0 unspecified atom stereocenters. The maximum atomic E-state index is 6.01. The topological polar surface area (TPSA) is 53.1 Å². The number of hydrogen-bond donors (Lipinski definition) is 1. The van der Waals surface area contributed by atoms with Gasteiger partial charge < -0.3 is 10.5 Å². The summed E-state index contributed by atoms with van der Waals surface area (Å²) in [6, 6.07) is 0. The molecule has 0 aliphatic heterocycles. The van der Waals surface area contributed by atoms with E-state index in [4.69, 9.17) is 10.5 Å². The first kappa shape index (κ1) is 10.3. The molecule has 0 radical (unpaired) electrons. The van der Waals surface area contributed by atoms with E-state index in [1.165, 1.54) is 6.42 Å². The van der Waals surface area contributed by atoms with Crippen molar-refractivity contribution in [3.05, 3.63) is 5.69 Å². The minimum absolute atomic E-state index is 0.358. The molecule has 1 aromatic rings. The fourth-order valence-corrected chi connectivity index (χ4v) is 1.79. The van der Waals surface area contributed by atoms with Gasteiger partial charge in [0.2, 0.25) is 5.88 Å². The number of nitrogens with two attached hydrogens (primary N) is 1. The van der Waals surface area contributed by atoms with Crippen LogP contribution in [0.5, 0.6) is 5.88 Å². The average Bonchev–Trinajstić information content (AvgIpc) is 2.38. The summed E-state index contributed by atoms with van der Waals surface area (Å²) in [4.78, 5) is 0. The molecule has 0 amide bonds. The zero-order chi connectivity index (χ0) is 10.8. The first-order valence-corrected chi connectivity index (χ1v) is 5.70. The SMILES string of the molecule is CCCc1nn(C)c(OC2CCC2)c1N. The van der Waals surface area contributed by atoms with E-state index in [0.717, 1.165) is 42.9 Å². The van der Waals surface area contributed by atoms with Crippen molar-refractivity contribution in [2.45, 2.75) is 45.1 Å². The number of nitrogen functional groups attached to an aromatic ring is 1. The number of rotatable bonds is 4. The van der Waals surface area contributed by atoms with Gasteiger partial charge in [-0.3, -0.25) is 0 Å². The van der Waals surface area contributed by atoms with Gasteiger partial charge in [-0.2, -0.15) is 5.10 Å². The van der Waals surface area contributed by atoms with E-state index >= 15 is 0 Å². The van der Waals surface area contributed by atoms with Crippen molar-refractivity contribution >= 4 is 5.69 Å². The standard InChI is InChI=1S/C11H19N3O/c1-3-5-9-10(12)11(14(2)13-9)15-8-6-4-7-8/h8H,3-7,12H2,1-2H3. The third-order valence-corrected chi connectivity index (χ3v) is 2.92. The summed E-state index contributed by atoms with van der Waals surface area (Å²) < 4.78 is 7.58. The minimum Gasteiger partial charge on any atom is -0.473 e. The minimum atomic E-state index is 0.358. The lowest BCUT2D eigenvalue weighted by atomic mass is 9.96. The van der Waals surface area contributed by atoms with Crippen LogP contribution in [-0.2, 0) is 13.5 Å². The molecule has 0 saturated heterocycles. The lowest BCUT2D eigenvalue weighted by Crippen LogP contribution is -2.25. The number of hydrogen-bond acceptors (Lipinski definition) is 3. The van der Waals surface area contributed by atoms with Crippen LogP contribution in [0.15, 0.2) is 0 Å². The monoisotopic (exact) mass is 209 g/mol. The largest absolute Gasteiger partial charge is 0.473 e. The molecule has 84 valence electrons. The first-order chi connectivity index (χ1) is 7.22. The van der Waals surface area contributed by atoms with E-state index < -0.39 is 0 Å². The summed E-state index contributed by atoms with van der Waals surface area (Å²) in [6.07, 6.45) is 5.90. The molecule has 15 heavy (non-hydrogen) atoms. The summed E-state index contributed by atoms with van der Waals surface area (Å²) in [7, 11) is 1.89. The van der Waals surface area contributed by atoms with E-state index in [2.05, 4.69) is 12.0 Å². The van der Waals surface area contributed by atoms with Gasteiger partial charge in [-0.05, 0) is 25.7 Å². The lowest BCUT2D eigenvalue weighted by Gasteiger charge is -2.26. The van der Waals surface area contributed by atoms with Crippen LogP contribution in [0.3, 0.4) is 0 Å². The van der Waals surface area contributed by atoms with Crippen LogP contribution in [0.4, 0.5) is 5.69 Å². The maximum absolute atomic E-state index is 6.01. The van der Waals surface area contributed by atoms with Crippen molar-refractivity contribution in [2.24, 2.45) is 7.05 Å². The second-order valence-corrected chi connectivity index (χ2v) is 4.21. The van der Waals surface area contributed by atoms with Gasteiger partial charge in [-0.25, -0.2) is 4.68 Å². The van der Waals surface area contributed by atoms with Crippen LogP contribution in [-0.4, -0.2) is 15.9 Å². The van der Waals surface area contributed by atoms with Crippen molar-refractivity contribution in [2.75, 3.05) is 5.73 Å². The van der Waals surface area contributed by atoms with Crippen molar-refractivity contribution in [3.63, 3.8) is 0 Å². The van der Waals surface area contributed by atoms with Gasteiger partial charge in [-0.1, -0.05) is 13.3 Å². The normalized spacial score (nSPS) is 16.4. The summed E-state index contributed by atoms with van der Waals surface area (Å²) in [5, 5.41) is 4.38. The Hall–Kier alpha value is -1.19. The van der Waals surface area contributed by atoms with Gasteiger partial charge in [0.05, 0.1) is 5.69 Å². The molecule has 1 aliphatic carbocycles. The summed E-state index contributed by atoms with van der Waals surface area (Å²) in [5.41, 5.74) is 7.70. The van der Waals surface area contributed by atoms with E-state index in [1.54, 1.807) is 4.68 Å². The fourth-order valence-electron chi connectivity index (χ4n) is 1.79. The molecule has 4 nitrogen and oxygen atoms in total. The number of nitrogens with zero attached hydrogens (tertiary/aromatic N) is 2. The molecule has 2 N–H and O–H groups in total. The molecule has 0 aromatic carbocycles. The summed E-state index contributed by atoms with van der Waals surface area (Å²) in [5.74, 6) is 0.753. The molecule has 0 atom stereocenters. The smallest absolute Gasteiger partial charge is 0.236 e. The Kier molecular flexibility index (Phi) is 2.84. The Labute approximate surface area is 90.4 Å². The molecule has 2 rings (SSSR count). The van der Waals surface area contributed by atoms with Crippen LogP contribution in [0.2, 0.25) is 0 Å². The molecule has 0 spiro atoms. The van der Waals surface area contributed by atoms with Crippen LogP contribution in [0.1, 0.15) is 38.3 Å². The lowest BCUT2D eigenvalue weighted by molar-refractivity contribution is 0.110. The third-order valence-electron chi connectivity index (χ3n) is 2.92. The van der Waals surface area contributed by atoms with Crippen LogP contribution in [0.25, 0.3) is 0 Å². The van der Waals surface area contributed by atoms with E-state index in [1.807, 2.05) is 7.05 Å². The van der Waals surface area contributed by atoms with Crippen molar-refractivity contribution in [1.82, 2.24) is 9.78 Å². The zero-order valence-electron chi connectivity index (χ0n) is 9.49. The molecular formula is C11H19N3O. The van der Waals surface area contributed by atoms with Gasteiger partial charge in [0.1, 0.15) is 11.8 Å². The molecule has 1 saturated carbocycles. The highest BCUT2D eigenvalue weighted by Gasteiger charge is 2.23. The van der Waals surface area contributed by atoms with E-state index in [-0.39, 0.29) is 0 Å². The quantitative estimate of drug-likeness (QED) is 0.823. The van der Waals surface area contributed by atoms with Gasteiger partial charge >= 0.3 is 0 Å². The van der Waals surface area contributed by atoms with Gasteiger partial charge in [0.15, 0.2) is 0 Å². The molecule has 1 aromatic heterocycles. The zero-order valence-corrected chi connectivity index (χ0v) is 9.49.